The third-order valence-corrected chi connectivity index (χ3v) is 8.14. The molecule has 2 aromatic heterocycles. The minimum atomic E-state index is -3.52. The minimum Gasteiger partial charge on any atom is -0.497 e. The molecule has 1 aliphatic rings. The van der Waals surface area contributed by atoms with Crippen molar-refractivity contribution in [2.24, 2.45) is 0 Å². The van der Waals surface area contributed by atoms with Crippen LogP contribution in [0.25, 0.3) is 4.83 Å². The van der Waals surface area contributed by atoms with Gasteiger partial charge in [-0.3, -0.25) is 4.40 Å². The third kappa shape index (κ3) is 3.15. The molecule has 1 atom stereocenters. The van der Waals surface area contributed by atoms with Gasteiger partial charge in [0.1, 0.15) is 16.4 Å². The number of methoxy groups -OCH3 is 1. The van der Waals surface area contributed by atoms with Gasteiger partial charge in [-0.25, -0.2) is 13.4 Å². The van der Waals surface area contributed by atoms with Crippen molar-refractivity contribution in [3.8, 4) is 5.75 Å². The van der Waals surface area contributed by atoms with Gasteiger partial charge in [-0.15, -0.1) is 11.3 Å². The zero-order valence-corrected chi connectivity index (χ0v) is 17.3. The van der Waals surface area contributed by atoms with Crippen LogP contribution in [0.2, 0.25) is 0 Å². The second-order valence-corrected chi connectivity index (χ2v) is 9.74. The highest BCUT2D eigenvalue weighted by atomic mass is 32.2. The maximum absolute atomic E-state index is 13.1. The van der Waals surface area contributed by atoms with Crippen LogP contribution < -0.4 is 4.74 Å². The topological polar surface area (TPSA) is 63.9 Å². The van der Waals surface area contributed by atoms with E-state index in [1.807, 2.05) is 6.92 Å². The van der Waals surface area contributed by atoms with Crippen molar-refractivity contribution in [1.82, 2.24) is 13.7 Å². The Morgan fingerprint density at radius 1 is 1.22 bits per heavy atom. The standard InChI is InChI=1S/C19H23N3O3S2/c1-13-12-26-19-18(20-14(2)22(13)19)15-5-4-10-21(11-15)27(23,24)17-8-6-16(25-3)7-9-17/h6-9,12,15H,4-5,10-11H2,1-3H3/t15-/m1/s1. The van der Waals surface area contributed by atoms with E-state index in [-0.39, 0.29) is 5.92 Å². The maximum Gasteiger partial charge on any atom is 0.243 e. The molecule has 6 nitrogen and oxygen atoms in total. The first-order chi connectivity index (χ1) is 12.9. The molecule has 1 saturated heterocycles. The minimum absolute atomic E-state index is 0.119. The van der Waals surface area contributed by atoms with Crippen LogP contribution in [0.4, 0.5) is 0 Å². The predicted octanol–water partition coefficient (Wildman–Crippen LogP) is 3.59. The van der Waals surface area contributed by atoms with Crippen molar-refractivity contribution in [3.05, 3.63) is 46.9 Å². The third-order valence-electron chi connectivity index (χ3n) is 5.19. The molecule has 144 valence electrons. The fourth-order valence-electron chi connectivity index (χ4n) is 3.80. The lowest BCUT2D eigenvalue weighted by Gasteiger charge is -2.31. The number of aromatic nitrogens is 2. The Morgan fingerprint density at radius 2 is 1.96 bits per heavy atom. The van der Waals surface area contributed by atoms with Crippen molar-refractivity contribution in [2.75, 3.05) is 20.2 Å². The molecule has 0 unspecified atom stereocenters. The highest BCUT2D eigenvalue weighted by molar-refractivity contribution is 7.89. The van der Waals surface area contributed by atoms with E-state index in [2.05, 4.69) is 16.7 Å². The summed E-state index contributed by atoms with van der Waals surface area (Å²) in [5.41, 5.74) is 2.20. The van der Waals surface area contributed by atoms with Gasteiger partial charge in [0.2, 0.25) is 10.0 Å². The van der Waals surface area contributed by atoms with Gasteiger partial charge < -0.3 is 4.74 Å². The first kappa shape index (κ1) is 18.5. The van der Waals surface area contributed by atoms with Gasteiger partial charge >= 0.3 is 0 Å². The van der Waals surface area contributed by atoms with Crippen LogP contribution in [0.5, 0.6) is 5.75 Å². The Morgan fingerprint density at radius 3 is 2.67 bits per heavy atom. The lowest BCUT2D eigenvalue weighted by Crippen LogP contribution is -2.39. The smallest absolute Gasteiger partial charge is 0.243 e. The summed E-state index contributed by atoms with van der Waals surface area (Å²) >= 11 is 1.68. The van der Waals surface area contributed by atoms with Crippen molar-refractivity contribution in [3.63, 3.8) is 0 Å². The summed E-state index contributed by atoms with van der Waals surface area (Å²) in [6.45, 7) is 5.09. The fraction of sp³-hybridized carbons (Fsp3) is 0.421. The Bertz CT molecular complexity index is 1070. The average Bonchev–Trinajstić information content (AvgIpc) is 3.23. The lowest BCUT2D eigenvalue weighted by molar-refractivity contribution is 0.314. The quantitative estimate of drug-likeness (QED) is 0.665. The average molecular weight is 406 g/mol. The number of fused-ring (bicyclic) bond motifs is 1. The number of nitrogens with zero attached hydrogens (tertiary/aromatic N) is 3. The number of hydrogen-bond acceptors (Lipinski definition) is 5. The lowest BCUT2D eigenvalue weighted by atomic mass is 9.97. The molecule has 0 spiro atoms. The van der Waals surface area contributed by atoms with Crippen LogP contribution in [0.15, 0.2) is 34.5 Å². The molecule has 0 amide bonds. The Balaban J connectivity index is 1.63. The van der Waals surface area contributed by atoms with E-state index in [0.717, 1.165) is 29.2 Å². The molecular weight excluding hydrogens is 382 g/mol. The highest BCUT2D eigenvalue weighted by Crippen LogP contribution is 2.34. The maximum atomic E-state index is 13.1. The summed E-state index contributed by atoms with van der Waals surface area (Å²) in [5, 5.41) is 2.13. The summed E-state index contributed by atoms with van der Waals surface area (Å²) < 4.78 is 35.1. The zero-order valence-electron chi connectivity index (χ0n) is 15.7. The van der Waals surface area contributed by atoms with E-state index in [4.69, 9.17) is 9.72 Å². The number of aryl methyl sites for hydroxylation is 2. The molecule has 1 aromatic carbocycles. The van der Waals surface area contributed by atoms with Crippen molar-refractivity contribution >= 4 is 26.2 Å². The molecule has 8 heteroatoms. The zero-order chi connectivity index (χ0) is 19.2. The molecule has 3 heterocycles. The number of rotatable bonds is 4. The van der Waals surface area contributed by atoms with Crippen molar-refractivity contribution in [2.45, 2.75) is 37.5 Å². The van der Waals surface area contributed by atoms with Crippen LogP contribution in [0.3, 0.4) is 0 Å². The van der Waals surface area contributed by atoms with E-state index in [1.165, 1.54) is 5.69 Å². The van der Waals surface area contributed by atoms with Crippen LogP contribution in [0, 0.1) is 13.8 Å². The number of benzene rings is 1. The van der Waals surface area contributed by atoms with Crippen molar-refractivity contribution in [1.29, 1.82) is 0 Å². The summed E-state index contributed by atoms with van der Waals surface area (Å²) in [5.74, 6) is 1.73. The summed E-state index contributed by atoms with van der Waals surface area (Å²) in [4.78, 5) is 6.23. The monoisotopic (exact) mass is 405 g/mol. The van der Waals surface area contributed by atoms with Gasteiger partial charge in [-0.1, -0.05) is 0 Å². The van der Waals surface area contributed by atoms with Crippen LogP contribution in [0.1, 0.15) is 36.0 Å². The molecule has 0 radical (unpaired) electrons. The molecular formula is C19H23N3O3S2. The number of imidazole rings is 1. The van der Waals surface area contributed by atoms with Crippen LogP contribution in [-0.4, -0.2) is 42.3 Å². The highest BCUT2D eigenvalue weighted by Gasteiger charge is 2.33. The van der Waals surface area contributed by atoms with Crippen LogP contribution in [-0.2, 0) is 10.0 Å². The molecule has 0 saturated carbocycles. The summed E-state index contributed by atoms with van der Waals surface area (Å²) in [7, 11) is -1.95. The number of hydrogen-bond donors (Lipinski definition) is 0. The molecule has 1 fully saturated rings. The van der Waals surface area contributed by atoms with E-state index in [0.29, 0.717) is 23.7 Å². The first-order valence-electron chi connectivity index (χ1n) is 8.99. The first-order valence-corrected chi connectivity index (χ1v) is 11.3. The number of sulfonamides is 1. The SMILES string of the molecule is COc1ccc(S(=O)(=O)N2CCC[C@@H](c3nc(C)n4c(C)csc34)C2)cc1. The van der Waals surface area contributed by atoms with Gasteiger partial charge in [0.15, 0.2) is 0 Å². The molecule has 4 rings (SSSR count). The van der Waals surface area contributed by atoms with Gasteiger partial charge in [0, 0.05) is 30.1 Å². The molecule has 27 heavy (non-hydrogen) atoms. The Kier molecular flexibility index (Phi) is 4.73. The largest absolute Gasteiger partial charge is 0.497 e. The molecule has 0 bridgehead atoms. The number of piperidine rings is 1. The van der Waals surface area contributed by atoms with E-state index in [1.54, 1.807) is 47.0 Å². The van der Waals surface area contributed by atoms with E-state index < -0.39 is 10.0 Å². The molecule has 3 aromatic rings. The molecule has 0 aliphatic carbocycles. The van der Waals surface area contributed by atoms with Crippen LogP contribution >= 0.6 is 11.3 Å². The second-order valence-electron chi connectivity index (χ2n) is 6.94. The fourth-order valence-corrected chi connectivity index (χ4v) is 6.43. The Hall–Kier alpha value is -1.90. The summed E-state index contributed by atoms with van der Waals surface area (Å²) in [6.07, 6.45) is 1.79. The van der Waals surface area contributed by atoms with E-state index >= 15 is 0 Å². The number of ether oxygens (including phenoxy) is 1. The van der Waals surface area contributed by atoms with Crippen molar-refractivity contribution < 1.29 is 13.2 Å². The predicted molar refractivity (Wildman–Crippen MR) is 106 cm³/mol. The second kappa shape index (κ2) is 6.92. The summed E-state index contributed by atoms with van der Waals surface area (Å²) in [6, 6.07) is 6.59. The number of thiazole rings is 1. The van der Waals surface area contributed by atoms with Gasteiger partial charge in [0.05, 0.1) is 17.7 Å². The Labute approximate surface area is 163 Å². The van der Waals surface area contributed by atoms with E-state index in [9.17, 15) is 8.42 Å². The van der Waals surface area contributed by atoms with Gasteiger partial charge in [-0.05, 0) is 51.0 Å². The van der Waals surface area contributed by atoms with Gasteiger partial charge in [-0.2, -0.15) is 4.31 Å². The normalized spacial score (nSPS) is 18.9. The molecule has 0 N–H and O–H groups in total. The molecule has 1 aliphatic heterocycles. The van der Waals surface area contributed by atoms with Gasteiger partial charge in [0.25, 0.3) is 0 Å².